The maximum absolute atomic E-state index is 11.9. The summed E-state index contributed by atoms with van der Waals surface area (Å²) in [5, 5.41) is 16.0. The monoisotopic (exact) mass is 309 g/mol. The summed E-state index contributed by atoms with van der Waals surface area (Å²) in [6, 6.07) is 4.29. The number of carbonyl (C=O) groups is 1. The molecule has 0 atom stereocenters. The van der Waals surface area contributed by atoms with Crippen LogP contribution < -0.4 is 5.32 Å². The van der Waals surface area contributed by atoms with Gasteiger partial charge in [-0.05, 0) is 18.2 Å². The molecular formula is C14H16ClN3O3. The third-order valence-electron chi connectivity index (χ3n) is 2.83. The molecule has 0 bridgehead atoms. The van der Waals surface area contributed by atoms with Crippen molar-refractivity contribution in [3.8, 4) is 5.75 Å². The van der Waals surface area contributed by atoms with E-state index >= 15 is 0 Å². The molecule has 1 aromatic heterocycles. The second-order valence-corrected chi connectivity index (χ2v) is 5.28. The molecule has 6 nitrogen and oxygen atoms in total. The lowest BCUT2D eigenvalue weighted by atomic mass is 10.2. The van der Waals surface area contributed by atoms with Crippen molar-refractivity contribution < 1.29 is 14.4 Å². The molecule has 21 heavy (non-hydrogen) atoms. The fourth-order valence-electron chi connectivity index (χ4n) is 1.64. The number of hydrogen-bond acceptors (Lipinski definition) is 5. The zero-order valence-corrected chi connectivity index (χ0v) is 12.5. The minimum absolute atomic E-state index is 0.0553. The topological polar surface area (TPSA) is 88.2 Å². The number of benzene rings is 1. The van der Waals surface area contributed by atoms with Gasteiger partial charge in [-0.2, -0.15) is 4.98 Å². The molecule has 0 aliphatic carbocycles. The number of aromatic hydroxyl groups is 1. The van der Waals surface area contributed by atoms with Gasteiger partial charge in [0.1, 0.15) is 5.75 Å². The van der Waals surface area contributed by atoms with Crippen LogP contribution in [-0.4, -0.2) is 27.7 Å². The molecular weight excluding hydrogens is 294 g/mol. The molecule has 0 saturated heterocycles. The van der Waals surface area contributed by atoms with Crippen LogP contribution in [-0.2, 0) is 6.42 Å². The largest absolute Gasteiger partial charge is 0.506 e. The Hall–Kier alpha value is -2.08. The Kier molecular flexibility index (Phi) is 4.80. The van der Waals surface area contributed by atoms with Gasteiger partial charge in [0.2, 0.25) is 5.89 Å². The maximum atomic E-state index is 11.9. The molecule has 1 heterocycles. The van der Waals surface area contributed by atoms with E-state index in [0.29, 0.717) is 30.2 Å². The van der Waals surface area contributed by atoms with Crippen LogP contribution >= 0.6 is 11.6 Å². The Labute approximate surface area is 127 Å². The lowest BCUT2D eigenvalue weighted by Crippen LogP contribution is -2.25. The Morgan fingerprint density at radius 3 is 2.86 bits per heavy atom. The first-order chi connectivity index (χ1) is 9.97. The van der Waals surface area contributed by atoms with Crippen LogP contribution in [0.25, 0.3) is 0 Å². The number of aromatic nitrogens is 2. The fourth-order valence-corrected chi connectivity index (χ4v) is 1.82. The average Bonchev–Trinajstić information content (AvgIpc) is 2.91. The highest BCUT2D eigenvalue weighted by molar-refractivity contribution is 6.32. The molecule has 2 aromatic rings. The number of nitrogens with zero attached hydrogens (tertiary/aromatic N) is 2. The van der Waals surface area contributed by atoms with E-state index in [1.54, 1.807) is 0 Å². The molecule has 0 radical (unpaired) electrons. The lowest BCUT2D eigenvalue weighted by Gasteiger charge is -2.04. The van der Waals surface area contributed by atoms with Gasteiger partial charge in [0.05, 0.1) is 5.02 Å². The zero-order valence-electron chi connectivity index (χ0n) is 11.8. The number of halogens is 1. The van der Waals surface area contributed by atoms with Crippen LogP contribution in [0.4, 0.5) is 0 Å². The smallest absolute Gasteiger partial charge is 0.251 e. The molecule has 0 fully saturated rings. The van der Waals surface area contributed by atoms with Crippen molar-refractivity contribution in [1.29, 1.82) is 0 Å². The van der Waals surface area contributed by atoms with Crippen LogP contribution in [0.3, 0.4) is 0 Å². The van der Waals surface area contributed by atoms with E-state index in [4.69, 9.17) is 16.1 Å². The number of phenolic OH excluding ortho intramolecular Hbond substituents is 1. The van der Waals surface area contributed by atoms with Crippen molar-refractivity contribution in [1.82, 2.24) is 15.5 Å². The summed E-state index contributed by atoms with van der Waals surface area (Å²) in [6.45, 7) is 4.33. The molecule has 2 rings (SSSR count). The van der Waals surface area contributed by atoms with E-state index in [1.165, 1.54) is 18.2 Å². The van der Waals surface area contributed by atoms with Gasteiger partial charge in [-0.25, -0.2) is 0 Å². The van der Waals surface area contributed by atoms with E-state index in [9.17, 15) is 9.90 Å². The van der Waals surface area contributed by atoms with Gasteiger partial charge in [0.25, 0.3) is 5.91 Å². The summed E-state index contributed by atoms with van der Waals surface area (Å²) in [5.74, 6) is 1.02. The van der Waals surface area contributed by atoms with Gasteiger partial charge in [-0.15, -0.1) is 0 Å². The summed E-state index contributed by atoms with van der Waals surface area (Å²) in [6.07, 6.45) is 0.456. The highest BCUT2D eigenvalue weighted by atomic mass is 35.5. The number of carbonyl (C=O) groups excluding carboxylic acids is 1. The molecule has 0 aliphatic rings. The molecule has 1 amide bonds. The molecule has 112 valence electrons. The van der Waals surface area contributed by atoms with Gasteiger partial charge in [-0.1, -0.05) is 30.6 Å². The quantitative estimate of drug-likeness (QED) is 0.886. The Bertz CT molecular complexity index is 640. The number of rotatable bonds is 5. The Morgan fingerprint density at radius 2 is 2.24 bits per heavy atom. The van der Waals surface area contributed by atoms with Crippen LogP contribution in [0.15, 0.2) is 22.7 Å². The normalized spacial score (nSPS) is 10.9. The standard InChI is InChI=1S/C14H16ClN3O3/c1-8(2)13-17-12(21-18-13)5-6-16-14(20)9-3-4-11(19)10(15)7-9/h3-4,7-8,19H,5-6H2,1-2H3,(H,16,20). The van der Waals surface area contributed by atoms with E-state index in [-0.39, 0.29) is 22.6 Å². The van der Waals surface area contributed by atoms with E-state index in [2.05, 4.69) is 15.5 Å². The highest BCUT2D eigenvalue weighted by Gasteiger charge is 2.11. The maximum Gasteiger partial charge on any atom is 0.251 e. The third kappa shape index (κ3) is 3.95. The molecule has 2 N–H and O–H groups in total. The minimum Gasteiger partial charge on any atom is -0.506 e. The van der Waals surface area contributed by atoms with Crippen molar-refractivity contribution in [3.05, 3.63) is 40.5 Å². The van der Waals surface area contributed by atoms with Crippen LogP contribution in [0.5, 0.6) is 5.75 Å². The van der Waals surface area contributed by atoms with E-state index in [0.717, 1.165) is 0 Å². The molecule has 0 unspecified atom stereocenters. The van der Waals surface area contributed by atoms with E-state index < -0.39 is 0 Å². The number of nitrogens with one attached hydrogen (secondary N) is 1. The van der Waals surface area contributed by atoms with Crippen molar-refractivity contribution in [2.75, 3.05) is 6.54 Å². The number of amides is 1. The highest BCUT2D eigenvalue weighted by Crippen LogP contribution is 2.23. The molecule has 0 aliphatic heterocycles. The van der Waals surface area contributed by atoms with Crippen LogP contribution in [0.2, 0.25) is 5.02 Å². The van der Waals surface area contributed by atoms with Gasteiger partial charge in [0, 0.05) is 24.4 Å². The van der Waals surface area contributed by atoms with Gasteiger partial charge in [0.15, 0.2) is 5.82 Å². The Morgan fingerprint density at radius 1 is 1.48 bits per heavy atom. The fraction of sp³-hybridized carbons (Fsp3) is 0.357. The lowest BCUT2D eigenvalue weighted by molar-refractivity contribution is 0.0953. The first-order valence-corrected chi connectivity index (χ1v) is 6.94. The first kappa shape index (κ1) is 15.3. The summed E-state index contributed by atoms with van der Waals surface area (Å²) in [7, 11) is 0. The Balaban J connectivity index is 1.87. The number of phenols is 1. The molecule has 1 aromatic carbocycles. The zero-order chi connectivity index (χ0) is 15.4. The minimum atomic E-state index is -0.277. The van der Waals surface area contributed by atoms with Gasteiger partial charge in [-0.3, -0.25) is 4.79 Å². The summed E-state index contributed by atoms with van der Waals surface area (Å²) >= 11 is 5.76. The SMILES string of the molecule is CC(C)c1noc(CCNC(=O)c2ccc(O)c(Cl)c2)n1. The predicted octanol–water partition coefficient (Wildman–Crippen LogP) is 2.52. The molecule has 0 spiro atoms. The first-order valence-electron chi connectivity index (χ1n) is 6.56. The van der Waals surface area contributed by atoms with Crippen molar-refractivity contribution >= 4 is 17.5 Å². The summed E-state index contributed by atoms with van der Waals surface area (Å²) in [4.78, 5) is 16.1. The second kappa shape index (κ2) is 6.58. The molecule has 0 saturated carbocycles. The van der Waals surface area contributed by atoms with Crippen molar-refractivity contribution in [3.63, 3.8) is 0 Å². The average molecular weight is 310 g/mol. The van der Waals surface area contributed by atoms with Gasteiger partial charge >= 0.3 is 0 Å². The van der Waals surface area contributed by atoms with Crippen molar-refractivity contribution in [2.24, 2.45) is 0 Å². The van der Waals surface area contributed by atoms with Gasteiger partial charge < -0.3 is 14.9 Å². The third-order valence-corrected chi connectivity index (χ3v) is 3.14. The predicted molar refractivity (Wildman–Crippen MR) is 77.5 cm³/mol. The van der Waals surface area contributed by atoms with E-state index in [1.807, 2.05) is 13.8 Å². The molecule has 7 heteroatoms. The number of hydrogen-bond donors (Lipinski definition) is 2. The second-order valence-electron chi connectivity index (χ2n) is 4.87. The summed E-state index contributed by atoms with van der Waals surface area (Å²) < 4.78 is 5.08. The summed E-state index contributed by atoms with van der Waals surface area (Å²) in [5.41, 5.74) is 0.381. The van der Waals surface area contributed by atoms with Crippen LogP contribution in [0.1, 0.15) is 41.8 Å². The van der Waals surface area contributed by atoms with Crippen LogP contribution in [0, 0.1) is 0 Å². The van der Waals surface area contributed by atoms with Crippen molar-refractivity contribution in [2.45, 2.75) is 26.2 Å².